The van der Waals surface area contributed by atoms with Crippen LogP contribution >= 0.6 is 0 Å². The highest BCUT2D eigenvalue weighted by Gasteiger charge is 2.20. The van der Waals surface area contributed by atoms with Crippen molar-refractivity contribution in [3.05, 3.63) is 117 Å². The lowest BCUT2D eigenvalue weighted by Crippen LogP contribution is -2.21. The summed E-state index contributed by atoms with van der Waals surface area (Å²) in [4.78, 5) is 18.1. The van der Waals surface area contributed by atoms with Gasteiger partial charge >= 0.3 is 0 Å². The first-order valence-electron chi connectivity index (χ1n) is 9.32. The number of para-hydroxylation sites is 2. The molecule has 5 heteroatoms. The lowest BCUT2D eigenvalue weighted by atomic mass is 10.0. The second-order valence-corrected chi connectivity index (χ2v) is 6.85. The number of aromatic amines is 1. The average Bonchev–Trinajstić information content (AvgIpc) is 3.02. The Hall–Kier alpha value is -3.73. The summed E-state index contributed by atoms with van der Waals surface area (Å²) < 4.78 is 15.5. The first kappa shape index (κ1) is 18.6. The first-order chi connectivity index (χ1) is 14.0. The van der Waals surface area contributed by atoms with E-state index in [9.17, 15) is 9.18 Å². The Morgan fingerprint density at radius 3 is 2.38 bits per heavy atom. The van der Waals surface area contributed by atoms with Crippen molar-refractivity contribution in [1.29, 1.82) is 0 Å². The molecule has 0 saturated heterocycles. The van der Waals surface area contributed by atoms with Gasteiger partial charge in [0.1, 0.15) is 5.82 Å². The summed E-state index contributed by atoms with van der Waals surface area (Å²) in [5, 5.41) is 3.12. The number of H-pyrrole nitrogens is 1. The minimum absolute atomic E-state index is 0.231. The Kier molecular flexibility index (Phi) is 4.96. The number of halogens is 1. The SMILES string of the molecule is Cc1ccccc1N=C(c1cccc(F)c1)c1c(C)[nH]n(-c2ccccc2)c1=O. The predicted molar refractivity (Wildman–Crippen MR) is 114 cm³/mol. The third-order valence-corrected chi connectivity index (χ3v) is 4.77. The summed E-state index contributed by atoms with van der Waals surface area (Å²) in [6.45, 7) is 3.77. The Morgan fingerprint density at radius 2 is 1.66 bits per heavy atom. The molecular weight excluding hydrogens is 365 g/mol. The first-order valence-corrected chi connectivity index (χ1v) is 9.32. The molecule has 0 aliphatic carbocycles. The Balaban J connectivity index is 1.97. The van der Waals surface area contributed by atoms with E-state index in [-0.39, 0.29) is 11.4 Å². The normalized spacial score (nSPS) is 11.6. The van der Waals surface area contributed by atoms with Crippen LogP contribution in [0.5, 0.6) is 0 Å². The van der Waals surface area contributed by atoms with E-state index in [1.807, 2.05) is 68.4 Å². The molecule has 4 rings (SSSR count). The molecule has 0 saturated carbocycles. The summed E-state index contributed by atoms with van der Waals surface area (Å²) in [5.41, 5.74) is 4.26. The average molecular weight is 385 g/mol. The van der Waals surface area contributed by atoms with Crippen LogP contribution in [0.25, 0.3) is 5.69 Å². The lowest BCUT2D eigenvalue weighted by molar-refractivity contribution is 0.627. The number of aryl methyl sites for hydroxylation is 2. The standard InChI is InChI=1S/C24H20FN3O/c1-16-9-6-7-14-21(16)26-23(18-10-8-11-19(25)15-18)22-17(2)27-28(24(22)29)20-12-4-3-5-13-20/h3-15,27H,1-2H3. The van der Waals surface area contributed by atoms with E-state index >= 15 is 0 Å². The van der Waals surface area contributed by atoms with E-state index in [0.717, 1.165) is 16.9 Å². The summed E-state index contributed by atoms with van der Waals surface area (Å²) in [5.74, 6) is -0.378. The number of aliphatic imine (C=N–C) groups is 1. The van der Waals surface area contributed by atoms with Crippen molar-refractivity contribution in [1.82, 2.24) is 9.78 Å². The molecule has 4 aromatic rings. The molecule has 0 radical (unpaired) electrons. The van der Waals surface area contributed by atoms with Crippen LogP contribution in [0.3, 0.4) is 0 Å². The third kappa shape index (κ3) is 3.67. The fourth-order valence-corrected chi connectivity index (χ4v) is 3.29. The van der Waals surface area contributed by atoms with E-state index in [4.69, 9.17) is 4.99 Å². The van der Waals surface area contributed by atoms with Gasteiger partial charge in [0, 0.05) is 11.3 Å². The number of hydrogen-bond acceptors (Lipinski definition) is 2. The van der Waals surface area contributed by atoms with E-state index in [1.54, 1.807) is 12.1 Å². The van der Waals surface area contributed by atoms with Crippen molar-refractivity contribution in [2.45, 2.75) is 13.8 Å². The minimum Gasteiger partial charge on any atom is -0.295 e. The van der Waals surface area contributed by atoms with Crippen molar-refractivity contribution >= 4 is 11.4 Å². The zero-order chi connectivity index (χ0) is 20.4. The van der Waals surface area contributed by atoms with Gasteiger partial charge in [-0.1, -0.05) is 48.5 Å². The van der Waals surface area contributed by atoms with Gasteiger partial charge in [-0.25, -0.2) is 14.1 Å². The van der Waals surface area contributed by atoms with Gasteiger partial charge in [-0.15, -0.1) is 0 Å². The maximum atomic E-state index is 14.0. The summed E-state index contributed by atoms with van der Waals surface area (Å²) in [6.07, 6.45) is 0. The van der Waals surface area contributed by atoms with Crippen LogP contribution in [-0.2, 0) is 0 Å². The van der Waals surface area contributed by atoms with Crippen LogP contribution in [0.4, 0.5) is 10.1 Å². The van der Waals surface area contributed by atoms with E-state index in [0.29, 0.717) is 22.5 Å². The fourth-order valence-electron chi connectivity index (χ4n) is 3.29. The largest absolute Gasteiger partial charge is 0.295 e. The zero-order valence-electron chi connectivity index (χ0n) is 16.2. The topological polar surface area (TPSA) is 50.1 Å². The molecule has 0 spiro atoms. The quantitative estimate of drug-likeness (QED) is 0.489. The maximum absolute atomic E-state index is 14.0. The van der Waals surface area contributed by atoms with Crippen LogP contribution in [0.2, 0.25) is 0 Å². The molecule has 0 fully saturated rings. The molecule has 1 heterocycles. The molecule has 1 N–H and O–H groups in total. The fraction of sp³-hybridized carbons (Fsp3) is 0.0833. The molecule has 0 aliphatic heterocycles. The van der Waals surface area contributed by atoms with Gasteiger partial charge in [0.2, 0.25) is 0 Å². The number of nitrogens with zero attached hydrogens (tertiary/aromatic N) is 2. The zero-order valence-corrected chi connectivity index (χ0v) is 16.2. The molecule has 29 heavy (non-hydrogen) atoms. The highest BCUT2D eigenvalue weighted by atomic mass is 19.1. The number of hydrogen-bond donors (Lipinski definition) is 1. The third-order valence-electron chi connectivity index (χ3n) is 4.77. The van der Waals surface area contributed by atoms with Crippen LogP contribution in [0.1, 0.15) is 22.4 Å². The highest BCUT2D eigenvalue weighted by Crippen LogP contribution is 2.22. The molecular formula is C24H20FN3O. The molecule has 0 aliphatic rings. The Labute approximate surface area is 168 Å². The van der Waals surface area contributed by atoms with Crippen molar-refractivity contribution in [2.75, 3.05) is 0 Å². The highest BCUT2D eigenvalue weighted by molar-refractivity contribution is 6.14. The van der Waals surface area contributed by atoms with Gasteiger partial charge in [0.05, 0.1) is 22.6 Å². The summed E-state index contributed by atoms with van der Waals surface area (Å²) >= 11 is 0. The van der Waals surface area contributed by atoms with Crippen molar-refractivity contribution in [3.63, 3.8) is 0 Å². The van der Waals surface area contributed by atoms with Gasteiger partial charge in [-0.3, -0.25) is 9.89 Å². The molecule has 3 aromatic carbocycles. The number of benzene rings is 3. The monoisotopic (exact) mass is 385 g/mol. The molecule has 1 aromatic heterocycles. The predicted octanol–water partition coefficient (Wildman–Crippen LogP) is 5.09. The van der Waals surface area contributed by atoms with Crippen LogP contribution in [0, 0.1) is 19.7 Å². The molecule has 0 atom stereocenters. The lowest BCUT2D eigenvalue weighted by Gasteiger charge is -2.08. The van der Waals surface area contributed by atoms with Gasteiger partial charge < -0.3 is 0 Å². The Bertz CT molecular complexity index is 1250. The van der Waals surface area contributed by atoms with E-state index in [2.05, 4.69) is 5.10 Å². The van der Waals surface area contributed by atoms with E-state index < -0.39 is 0 Å². The van der Waals surface area contributed by atoms with Gasteiger partial charge in [0.25, 0.3) is 5.56 Å². The van der Waals surface area contributed by atoms with Crippen molar-refractivity contribution < 1.29 is 4.39 Å². The van der Waals surface area contributed by atoms with Crippen molar-refractivity contribution in [2.24, 2.45) is 4.99 Å². The molecule has 0 bridgehead atoms. The number of aromatic nitrogens is 2. The second-order valence-electron chi connectivity index (χ2n) is 6.85. The Morgan fingerprint density at radius 1 is 0.931 bits per heavy atom. The van der Waals surface area contributed by atoms with Crippen molar-refractivity contribution in [3.8, 4) is 5.69 Å². The van der Waals surface area contributed by atoms with Crippen LogP contribution in [0.15, 0.2) is 88.6 Å². The molecule has 0 amide bonds. The smallest absolute Gasteiger partial charge is 0.280 e. The maximum Gasteiger partial charge on any atom is 0.280 e. The van der Waals surface area contributed by atoms with Gasteiger partial charge in [-0.2, -0.15) is 0 Å². The minimum atomic E-state index is -0.378. The molecule has 0 unspecified atom stereocenters. The molecule has 144 valence electrons. The van der Waals surface area contributed by atoms with Crippen LogP contribution in [-0.4, -0.2) is 15.5 Å². The summed E-state index contributed by atoms with van der Waals surface area (Å²) in [7, 11) is 0. The molecule has 4 nitrogen and oxygen atoms in total. The second kappa shape index (κ2) is 7.72. The summed E-state index contributed by atoms with van der Waals surface area (Å²) in [6, 6.07) is 23.1. The van der Waals surface area contributed by atoms with Gasteiger partial charge in [0.15, 0.2) is 0 Å². The number of nitrogens with one attached hydrogen (secondary N) is 1. The number of rotatable bonds is 4. The van der Waals surface area contributed by atoms with E-state index in [1.165, 1.54) is 16.8 Å². The van der Waals surface area contributed by atoms with Gasteiger partial charge in [-0.05, 0) is 49.7 Å². The van der Waals surface area contributed by atoms with Crippen LogP contribution < -0.4 is 5.56 Å².